The van der Waals surface area contributed by atoms with Crippen molar-refractivity contribution in [2.75, 3.05) is 13.2 Å². The van der Waals surface area contributed by atoms with Crippen LogP contribution in [-0.4, -0.2) is 39.6 Å². The minimum atomic E-state index is -0.553. The van der Waals surface area contributed by atoms with E-state index in [1.807, 2.05) is 32.9 Å². The summed E-state index contributed by atoms with van der Waals surface area (Å²) in [6.07, 6.45) is 1.94. The molecule has 0 unspecified atom stereocenters. The number of hydrogen-bond acceptors (Lipinski definition) is 4. The SMILES string of the molecule is CCCCOc1c2n(c(Cc3ccc(Cl)cc3-c3cccc(F)c3)nc1=O)CCN(C(C)C)C2=O. The third-order valence-electron chi connectivity index (χ3n) is 6.17. The Kier molecular flexibility index (Phi) is 7.55. The molecular formula is C27H29ClFN3O3. The quantitative estimate of drug-likeness (QED) is 0.394. The Morgan fingerprint density at radius 1 is 1.14 bits per heavy atom. The van der Waals surface area contributed by atoms with Gasteiger partial charge in [0.25, 0.3) is 5.91 Å². The summed E-state index contributed by atoms with van der Waals surface area (Å²) in [7, 11) is 0. The number of carbonyl (C=O) groups excluding carboxylic acids is 1. The highest BCUT2D eigenvalue weighted by atomic mass is 35.5. The molecule has 3 aromatic rings. The van der Waals surface area contributed by atoms with E-state index >= 15 is 0 Å². The molecule has 2 aromatic carbocycles. The molecule has 1 amide bonds. The molecule has 0 N–H and O–H groups in total. The third-order valence-corrected chi connectivity index (χ3v) is 6.41. The lowest BCUT2D eigenvalue weighted by Crippen LogP contribution is -2.46. The third kappa shape index (κ3) is 5.25. The van der Waals surface area contributed by atoms with E-state index in [1.165, 1.54) is 12.1 Å². The highest BCUT2D eigenvalue weighted by molar-refractivity contribution is 6.30. The van der Waals surface area contributed by atoms with Gasteiger partial charge in [-0.25, -0.2) is 4.39 Å². The fraction of sp³-hybridized carbons (Fsp3) is 0.370. The van der Waals surface area contributed by atoms with Crippen molar-refractivity contribution < 1.29 is 13.9 Å². The first-order valence-corrected chi connectivity index (χ1v) is 12.3. The van der Waals surface area contributed by atoms with Crippen molar-refractivity contribution in [2.24, 2.45) is 0 Å². The van der Waals surface area contributed by atoms with Gasteiger partial charge in [-0.05, 0) is 61.2 Å². The molecule has 0 spiro atoms. The van der Waals surface area contributed by atoms with Gasteiger partial charge in [0, 0.05) is 30.6 Å². The molecule has 8 heteroatoms. The molecular weight excluding hydrogens is 469 g/mol. The first-order valence-electron chi connectivity index (χ1n) is 11.9. The van der Waals surface area contributed by atoms with Gasteiger partial charge >= 0.3 is 5.56 Å². The summed E-state index contributed by atoms with van der Waals surface area (Å²) >= 11 is 6.26. The molecule has 6 nitrogen and oxygen atoms in total. The first-order chi connectivity index (χ1) is 16.8. The lowest BCUT2D eigenvalue weighted by Gasteiger charge is -2.34. The van der Waals surface area contributed by atoms with Crippen LogP contribution in [0.4, 0.5) is 4.39 Å². The number of nitrogens with zero attached hydrogens (tertiary/aromatic N) is 3. The predicted molar refractivity (Wildman–Crippen MR) is 135 cm³/mol. The second-order valence-corrected chi connectivity index (χ2v) is 9.38. The number of fused-ring (bicyclic) bond motifs is 1. The predicted octanol–water partition coefficient (Wildman–Crippen LogP) is 5.34. The maximum atomic E-state index is 14.0. The van der Waals surface area contributed by atoms with Gasteiger partial charge in [0.15, 0.2) is 5.69 Å². The van der Waals surface area contributed by atoms with Gasteiger partial charge in [-0.3, -0.25) is 9.59 Å². The van der Waals surface area contributed by atoms with Crippen LogP contribution >= 0.6 is 11.6 Å². The molecule has 35 heavy (non-hydrogen) atoms. The molecule has 0 radical (unpaired) electrons. The lowest BCUT2D eigenvalue weighted by molar-refractivity contribution is 0.0635. The van der Waals surface area contributed by atoms with E-state index in [2.05, 4.69) is 4.98 Å². The van der Waals surface area contributed by atoms with Crippen LogP contribution in [0.1, 0.15) is 55.5 Å². The monoisotopic (exact) mass is 497 g/mol. The lowest BCUT2D eigenvalue weighted by atomic mass is 9.97. The van der Waals surface area contributed by atoms with Crippen molar-refractivity contribution in [1.82, 2.24) is 14.5 Å². The Morgan fingerprint density at radius 3 is 2.66 bits per heavy atom. The van der Waals surface area contributed by atoms with Gasteiger partial charge in [0.1, 0.15) is 11.6 Å². The van der Waals surface area contributed by atoms with Gasteiger partial charge in [-0.15, -0.1) is 0 Å². The number of rotatable bonds is 8. The average Bonchev–Trinajstić information content (AvgIpc) is 2.82. The van der Waals surface area contributed by atoms with Crippen molar-refractivity contribution in [3.05, 3.63) is 80.7 Å². The van der Waals surface area contributed by atoms with Crippen LogP contribution < -0.4 is 10.3 Å². The standard InChI is InChI=1S/C27H29ClFN3O3/c1-4-5-13-35-25-24-27(34)31(17(2)3)11-12-32(24)23(30-26(25)33)15-19-9-10-20(28)16-22(19)18-7-6-8-21(29)14-18/h6-10,14,16-17H,4-5,11-13,15H2,1-3H3. The van der Waals surface area contributed by atoms with E-state index in [1.54, 1.807) is 27.7 Å². The highest BCUT2D eigenvalue weighted by Crippen LogP contribution is 2.30. The summed E-state index contributed by atoms with van der Waals surface area (Å²) in [4.78, 5) is 32.6. The number of benzene rings is 2. The topological polar surface area (TPSA) is 64.4 Å². The van der Waals surface area contributed by atoms with E-state index in [-0.39, 0.29) is 35.6 Å². The number of ether oxygens (including phenoxy) is 1. The van der Waals surface area contributed by atoms with Crippen molar-refractivity contribution in [1.29, 1.82) is 0 Å². The summed E-state index contributed by atoms with van der Waals surface area (Å²) in [5.74, 6) is -0.114. The van der Waals surface area contributed by atoms with Crippen molar-refractivity contribution in [3.63, 3.8) is 0 Å². The van der Waals surface area contributed by atoms with E-state index in [0.717, 1.165) is 24.0 Å². The van der Waals surface area contributed by atoms with Crippen LogP contribution in [0.2, 0.25) is 5.02 Å². The van der Waals surface area contributed by atoms with E-state index < -0.39 is 5.56 Å². The minimum Gasteiger partial charge on any atom is -0.486 e. The van der Waals surface area contributed by atoms with E-state index in [0.29, 0.717) is 36.1 Å². The van der Waals surface area contributed by atoms with Gasteiger partial charge < -0.3 is 14.2 Å². The molecule has 1 aromatic heterocycles. The van der Waals surface area contributed by atoms with Gasteiger partial charge in [-0.1, -0.05) is 43.1 Å². The van der Waals surface area contributed by atoms with Crippen LogP contribution in [0.3, 0.4) is 0 Å². The van der Waals surface area contributed by atoms with Crippen molar-refractivity contribution in [3.8, 4) is 16.9 Å². The largest absolute Gasteiger partial charge is 0.486 e. The molecule has 0 fully saturated rings. The Labute approximate surface area is 209 Å². The highest BCUT2D eigenvalue weighted by Gasteiger charge is 2.33. The summed E-state index contributed by atoms with van der Waals surface area (Å²) < 4.78 is 21.6. The normalized spacial score (nSPS) is 13.3. The van der Waals surface area contributed by atoms with Crippen molar-refractivity contribution in [2.45, 2.75) is 52.6 Å². The number of amides is 1. The second-order valence-electron chi connectivity index (χ2n) is 8.95. The molecule has 4 rings (SSSR count). The fourth-order valence-electron chi connectivity index (χ4n) is 4.35. The van der Waals surface area contributed by atoms with Gasteiger partial charge in [0.05, 0.1) is 6.61 Å². The Hall–Kier alpha value is -3.19. The summed E-state index contributed by atoms with van der Waals surface area (Å²) in [5, 5.41) is 0.516. The number of hydrogen-bond donors (Lipinski definition) is 0. The molecule has 0 saturated heterocycles. The number of unbranched alkanes of at least 4 members (excludes halogenated alkanes) is 1. The maximum Gasteiger partial charge on any atom is 0.316 e. The fourth-order valence-corrected chi connectivity index (χ4v) is 4.53. The molecule has 2 heterocycles. The van der Waals surface area contributed by atoms with Crippen molar-refractivity contribution >= 4 is 17.5 Å². The van der Waals surface area contributed by atoms with Crippen LogP contribution in [0, 0.1) is 5.82 Å². The van der Waals surface area contributed by atoms with Crippen LogP contribution in [0.15, 0.2) is 47.3 Å². The molecule has 0 atom stereocenters. The van der Waals surface area contributed by atoms with E-state index in [4.69, 9.17) is 16.3 Å². The van der Waals surface area contributed by atoms with Gasteiger partial charge in [-0.2, -0.15) is 4.98 Å². The zero-order chi connectivity index (χ0) is 25.1. The minimum absolute atomic E-state index is 0.0118. The first kappa shape index (κ1) is 24.9. The molecule has 0 aliphatic carbocycles. The number of carbonyl (C=O) groups is 1. The molecule has 0 saturated carbocycles. The summed E-state index contributed by atoms with van der Waals surface area (Å²) in [6, 6.07) is 11.6. The smallest absolute Gasteiger partial charge is 0.316 e. The van der Waals surface area contributed by atoms with Crippen LogP contribution in [0.25, 0.3) is 11.1 Å². The molecule has 1 aliphatic heterocycles. The molecule has 184 valence electrons. The summed E-state index contributed by atoms with van der Waals surface area (Å²) in [6.45, 7) is 7.27. The maximum absolute atomic E-state index is 14.0. The van der Waals surface area contributed by atoms with E-state index in [9.17, 15) is 14.0 Å². The second kappa shape index (κ2) is 10.6. The Morgan fingerprint density at radius 2 is 1.94 bits per heavy atom. The molecule has 1 aliphatic rings. The van der Waals surface area contributed by atoms with Crippen LogP contribution in [0.5, 0.6) is 5.75 Å². The Bertz CT molecular complexity index is 1310. The molecule has 0 bridgehead atoms. The zero-order valence-corrected chi connectivity index (χ0v) is 20.9. The zero-order valence-electron chi connectivity index (χ0n) is 20.2. The summed E-state index contributed by atoms with van der Waals surface area (Å²) in [5.41, 5.74) is 1.93. The average molecular weight is 498 g/mol. The number of aromatic nitrogens is 2. The van der Waals surface area contributed by atoms with Gasteiger partial charge in [0.2, 0.25) is 5.75 Å². The van der Waals surface area contributed by atoms with Crippen LogP contribution in [-0.2, 0) is 13.0 Å². The Balaban J connectivity index is 1.82. The number of halogens is 2.